The number of nitrogens with one attached hydrogen (secondary N) is 1. The van der Waals surface area contributed by atoms with E-state index in [2.05, 4.69) is 15.5 Å². The van der Waals surface area contributed by atoms with E-state index in [1.165, 1.54) is 11.8 Å². The van der Waals surface area contributed by atoms with Crippen molar-refractivity contribution in [2.45, 2.75) is 12.1 Å². The number of aryl methyl sites for hydroxylation is 1. The molecule has 2 aromatic heterocycles. The molecule has 10 heteroatoms. The maximum Gasteiger partial charge on any atom is 0.238 e. The Balaban J connectivity index is 1.74. The number of thioether (sulfide) groups is 1. The monoisotopic (exact) mass is 398 g/mol. The molecule has 0 fully saturated rings. The van der Waals surface area contributed by atoms with Gasteiger partial charge < -0.3 is 20.2 Å². The predicted molar refractivity (Wildman–Crippen MR) is 106 cm³/mol. The summed E-state index contributed by atoms with van der Waals surface area (Å²) in [6.45, 7) is 1.76. The van der Waals surface area contributed by atoms with Gasteiger partial charge in [-0.1, -0.05) is 11.8 Å². The standard InChI is InChI=1S/C18H18N6O3S/c1-10-12(5-6-27-10)17-21-22-18-24(17)23-14(9-28-18)11-3-4-15(26-2)13(7-11)20-16(25)8-19/h3-7H,8-9,19H2,1-2H3,(H,20,25). The SMILES string of the molecule is COc1ccc(C2=Nn3c(nnc3-c3ccoc3C)SC2)cc1NC(=O)CN. The molecule has 0 radical (unpaired) electrons. The highest BCUT2D eigenvalue weighted by Crippen LogP contribution is 2.32. The largest absolute Gasteiger partial charge is 0.495 e. The Bertz CT molecular complexity index is 1070. The maximum absolute atomic E-state index is 11.7. The average molecular weight is 398 g/mol. The number of fused-ring (bicyclic) bond motifs is 1. The lowest BCUT2D eigenvalue weighted by atomic mass is 10.1. The summed E-state index contributed by atoms with van der Waals surface area (Å²) in [6, 6.07) is 7.35. The summed E-state index contributed by atoms with van der Waals surface area (Å²) >= 11 is 1.54. The Labute approximate surface area is 165 Å². The van der Waals surface area contributed by atoms with Crippen LogP contribution in [0, 0.1) is 6.92 Å². The number of hydrogen-bond acceptors (Lipinski definition) is 8. The van der Waals surface area contributed by atoms with Crippen molar-refractivity contribution in [3.8, 4) is 17.1 Å². The molecule has 28 heavy (non-hydrogen) atoms. The van der Waals surface area contributed by atoms with Gasteiger partial charge in [-0.2, -0.15) is 9.78 Å². The quantitative estimate of drug-likeness (QED) is 0.675. The molecule has 3 heterocycles. The van der Waals surface area contributed by atoms with Crippen LogP contribution in [0.3, 0.4) is 0 Å². The number of nitrogens with two attached hydrogens (primary N) is 1. The molecule has 0 saturated heterocycles. The van der Waals surface area contributed by atoms with Gasteiger partial charge in [0, 0.05) is 11.3 Å². The highest BCUT2D eigenvalue weighted by Gasteiger charge is 2.23. The Morgan fingerprint density at radius 2 is 2.25 bits per heavy atom. The van der Waals surface area contributed by atoms with Crippen molar-refractivity contribution in [2.75, 3.05) is 24.7 Å². The van der Waals surface area contributed by atoms with E-state index in [0.29, 0.717) is 28.2 Å². The Morgan fingerprint density at radius 1 is 1.39 bits per heavy atom. The fourth-order valence-corrected chi connectivity index (χ4v) is 3.68. The summed E-state index contributed by atoms with van der Waals surface area (Å²) in [4.78, 5) is 11.7. The number of nitrogens with zero attached hydrogens (tertiary/aromatic N) is 4. The maximum atomic E-state index is 11.7. The van der Waals surface area contributed by atoms with Gasteiger partial charge in [0.05, 0.1) is 36.9 Å². The first-order valence-corrected chi connectivity index (χ1v) is 9.48. The zero-order valence-corrected chi connectivity index (χ0v) is 16.1. The van der Waals surface area contributed by atoms with Gasteiger partial charge in [0.2, 0.25) is 11.1 Å². The molecule has 0 spiro atoms. The van der Waals surface area contributed by atoms with Crippen LogP contribution < -0.4 is 15.8 Å². The molecule has 0 unspecified atom stereocenters. The zero-order valence-electron chi connectivity index (χ0n) is 15.3. The number of carbonyl (C=O) groups excluding carboxylic acids is 1. The average Bonchev–Trinajstić information content (AvgIpc) is 3.32. The number of aromatic nitrogens is 3. The van der Waals surface area contributed by atoms with Gasteiger partial charge in [-0.05, 0) is 31.2 Å². The number of anilines is 1. The molecule has 4 rings (SSSR count). The lowest BCUT2D eigenvalue weighted by Gasteiger charge is -2.16. The van der Waals surface area contributed by atoms with E-state index in [-0.39, 0.29) is 12.5 Å². The molecule has 0 atom stereocenters. The Morgan fingerprint density at radius 3 is 2.96 bits per heavy atom. The number of hydrogen-bond donors (Lipinski definition) is 2. The minimum atomic E-state index is -0.297. The number of methoxy groups -OCH3 is 1. The third-order valence-electron chi connectivity index (χ3n) is 4.26. The summed E-state index contributed by atoms with van der Waals surface area (Å²) in [6.07, 6.45) is 1.61. The summed E-state index contributed by atoms with van der Waals surface area (Å²) in [5.74, 6) is 2.25. The van der Waals surface area contributed by atoms with Crippen LogP contribution in [0.5, 0.6) is 5.75 Å². The lowest BCUT2D eigenvalue weighted by Crippen LogP contribution is -2.22. The van der Waals surface area contributed by atoms with Crippen molar-refractivity contribution < 1.29 is 13.9 Å². The van der Waals surface area contributed by atoms with E-state index in [1.54, 1.807) is 24.1 Å². The first kappa shape index (κ1) is 18.3. The normalized spacial score (nSPS) is 13.0. The summed E-state index contributed by atoms with van der Waals surface area (Å²) in [5.41, 5.74) is 8.47. The van der Waals surface area contributed by atoms with E-state index in [9.17, 15) is 4.79 Å². The Kier molecular flexibility index (Phi) is 4.88. The molecule has 0 aliphatic carbocycles. The van der Waals surface area contributed by atoms with Crippen LogP contribution in [0.15, 0.2) is 45.2 Å². The minimum Gasteiger partial charge on any atom is -0.495 e. The molecule has 1 aliphatic rings. The van der Waals surface area contributed by atoms with Crippen LogP contribution in [0.4, 0.5) is 5.69 Å². The molecule has 3 aromatic rings. The van der Waals surface area contributed by atoms with Gasteiger partial charge in [0.1, 0.15) is 11.5 Å². The van der Waals surface area contributed by atoms with Crippen molar-refractivity contribution in [3.63, 3.8) is 0 Å². The topological polar surface area (TPSA) is 121 Å². The number of amides is 1. The van der Waals surface area contributed by atoms with Crippen molar-refractivity contribution in [2.24, 2.45) is 10.8 Å². The van der Waals surface area contributed by atoms with E-state index >= 15 is 0 Å². The molecule has 144 valence electrons. The number of furan rings is 1. The van der Waals surface area contributed by atoms with Crippen LogP contribution in [-0.2, 0) is 4.79 Å². The summed E-state index contributed by atoms with van der Waals surface area (Å²) < 4.78 is 12.4. The van der Waals surface area contributed by atoms with Crippen molar-refractivity contribution in [1.29, 1.82) is 0 Å². The number of carbonyl (C=O) groups is 1. The molecular formula is C18H18N6O3S. The number of ether oxygens (including phenoxy) is 1. The second kappa shape index (κ2) is 7.49. The summed E-state index contributed by atoms with van der Waals surface area (Å²) in [7, 11) is 1.55. The van der Waals surface area contributed by atoms with Gasteiger partial charge in [-0.3, -0.25) is 4.79 Å². The molecule has 1 aliphatic heterocycles. The van der Waals surface area contributed by atoms with Crippen LogP contribution in [0.25, 0.3) is 11.4 Å². The fourth-order valence-electron chi connectivity index (χ4n) is 2.84. The van der Waals surface area contributed by atoms with Crippen LogP contribution in [-0.4, -0.2) is 45.9 Å². The van der Waals surface area contributed by atoms with Gasteiger partial charge in [-0.25, -0.2) is 0 Å². The van der Waals surface area contributed by atoms with Gasteiger partial charge >= 0.3 is 0 Å². The smallest absolute Gasteiger partial charge is 0.238 e. The van der Waals surface area contributed by atoms with E-state index in [1.807, 2.05) is 25.1 Å². The van der Waals surface area contributed by atoms with E-state index in [0.717, 1.165) is 22.6 Å². The molecule has 1 aromatic carbocycles. The van der Waals surface area contributed by atoms with Crippen molar-refractivity contribution in [1.82, 2.24) is 14.9 Å². The summed E-state index contributed by atoms with van der Waals surface area (Å²) in [5, 5.41) is 16.7. The zero-order chi connectivity index (χ0) is 19.7. The fraction of sp³-hybridized carbons (Fsp3) is 0.222. The first-order valence-electron chi connectivity index (χ1n) is 8.49. The number of benzene rings is 1. The molecule has 0 bridgehead atoms. The van der Waals surface area contributed by atoms with Crippen molar-refractivity contribution >= 4 is 29.1 Å². The van der Waals surface area contributed by atoms with Crippen LogP contribution in [0.1, 0.15) is 11.3 Å². The molecule has 1 amide bonds. The third-order valence-corrected chi connectivity index (χ3v) is 5.19. The molecule has 0 saturated carbocycles. The van der Waals surface area contributed by atoms with Gasteiger partial charge in [0.25, 0.3) is 0 Å². The highest BCUT2D eigenvalue weighted by atomic mass is 32.2. The molecular weight excluding hydrogens is 380 g/mol. The van der Waals surface area contributed by atoms with E-state index < -0.39 is 0 Å². The van der Waals surface area contributed by atoms with Crippen LogP contribution in [0.2, 0.25) is 0 Å². The van der Waals surface area contributed by atoms with Crippen LogP contribution >= 0.6 is 11.8 Å². The second-order valence-corrected chi connectivity index (χ2v) is 6.95. The third kappa shape index (κ3) is 3.27. The Hall–Kier alpha value is -3.11. The van der Waals surface area contributed by atoms with E-state index in [4.69, 9.17) is 20.0 Å². The van der Waals surface area contributed by atoms with Crippen molar-refractivity contribution in [3.05, 3.63) is 41.9 Å². The molecule has 3 N–H and O–H groups in total. The van der Waals surface area contributed by atoms with Gasteiger partial charge in [-0.15, -0.1) is 10.2 Å². The highest BCUT2D eigenvalue weighted by molar-refractivity contribution is 7.99. The lowest BCUT2D eigenvalue weighted by molar-refractivity contribution is -0.114. The van der Waals surface area contributed by atoms with Gasteiger partial charge in [0.15, 0.2) is 5.82 Å². The predicted octanol–water partition coefficient (Wildman–Crippen LogP) is 2.11. The minimum absolute atomic E-state index is 0.109. The molecule has 9 nitrogen and oxygen atoms in total. The first-order chi connectivity index (χ1) is 13.6. The second-order valence-electron chi connectivity index (χ2n) is 6.01. The number of rotatable bonds is 5.